The second-order valence-corrected chi connectivity index (χ2v) is 8.65. The van der Waals surface area contributed by atoms with Crippen molar-refractivity contribution < 1.29 is 17.9 Å². The number of hydrogen-bond donors (Lipinski definition) is 2. The topological polar surface area (TPSA) is 113 Å². The third-order valence-electron chi connectivity index (χ3n) is 5.74. The second-order valence-electron chi connectivity index (χ2n) is 8.65. The number of alkyl halides is 3. The average molecular weight is 473 g/mol. The molecule has 178 valence electrons. The highest BCUT2D eigenvalue weighted by Gasteiger charge is 2.34. The average Bonchev–Trinajstić information content (AvgIpc) is 3.01. The van der Waals surface area contributed by atoms with Gasteiger partial charge < -0.3 is 15.8 Å². The third-order valence-corrected chi connectivity index (χ3v) is 5.74. The molecule has 4 heterocycles. The first-order chi connectivity index (χ1) is 16.1. The molecule has 9 nitrogen and oxygen atoms in total. The number of anilines is 1. The van der Waals surface area contributed by atoms with Crippen LogP contribution >= 0.6 is 0 Å². The summed E-state index contributed by atoms with van der Waals surface area (Å²) in [4.78, 5) is 26.1. The van der Waals surface area contributed by atoms with Crippen LogP contribution in [0.1, 0.15) is 11.4 Å². The van der Waals surface area contributed by atoms with Crippen molar-refractivity contribution in [3.63, 3.8) is 0 Å². The highest BCUT2D eigenvalue weighted by Crippen LogP contribution is 2.25. The van der Waals surface area contributed by atoms with Gasteiger partial charge in [0.05, 0.1) is 48.0 Å². The van der Waals surface area contributed by atoms with Crippen molar-refractivity contribution in [2.24, 2.45) is 5.73 Å². The number of benzene rings is 1. The summed E-state index contributed by atoms with van der Waals surface area (Å²) in [5.74, 6) is 0.803. The van der Waals surface area contributed by atoms with Crippen LogP contribution in [0.15, 0.2) is 41.5 Å². The number of nitrogens with zero attached hydrogens (tertiary/aromatic N) is 5. The van der Waals surface area contributed by atoms with Gasteiger partial charge in [0.1, 0.15) is 12.4 Å². The molecule has 1 fully saturated rings. The fourth-order valence-electron chi connectivity index (χ4n) is 4.02. The highest BCUT2D eigenvalue weighted by atomic mass is 19.4. The molecule has 12 heteroatoms. The van der Waals surface area contributed by atoms with Crippen LogP contribution in [0, 0.1) is 6.92 Å². The Kier molecular flexibility index (Phi) is 5.29. The molecule has 0 amide bonds. The van der Waals surface area contributed by atoms with E-state index in [1.165, 1.54) is 23.0 Å². The zero-order chi connectivity index (χ0) is 24.1. The minimum absolute atomic E-state index is 0.124. The lowest BCUT2D eigenvalue weighted by molar-refractivity contribution is -0.140. The molecule has 4 aromatic rings. The molecular formula is C22H22F3N7O2. The molecule has 0 unspecified atom stereocenters. The van der Waals surface area contributed by atoms with Crippen molar-refractivity contribution >= 4 is 27.8 Å². The number of ether oxygens (including phenoxy) is 1. The van der Waals surface area contributed by atoms with Crippen LogP contribution in [0.25, 0.3) is 21.9 Å². The molecular weight excluding hydrogens is 451 g/mol. The van der Waals surface area contributed by atoms with Crippen molar-refractivity contribution in [1.82, 2.24) is 24.1 Å². The number of rotatable bonds is 6. The molecule has 0 saturated carbocycles. The molecule has 0 bridgehead atoms. The van der Waals surface area contributed by atoms with E-state index < -0.39 is 23.9 Å². The fraction of sp³-hybridized carbons (Fsp3) is 0.364. The Labute approximate surface area is 191 Å². The first kappa shape index (κ1) is 22.3. The van der Waals surface area contributed by atoms with E-state index in [0.717, 1.165) is 10.9 Å². The van der Waals surface area contributed by atoms with Gasteiger partial charge in [-0.15, -0.1) is 0 Å². The minimum Gasteiger partial charge on any atom is -0.377 e. The number of nitrogens with one attached hydrogen (secondary N) is 1. The fourth-order valence-corrected chi connectivity index (χ4v) is 4.02. The van der Waals surface area contributed by atoms with Crippen molar-refractivity contribution in [3.8, 4) is 0 Å². The minimum atomic E-state index is -4.55. The van der Waals surface area contributed by atoms with E-state index in [2.05, 4.69) is 20.3 Å². The van der Waals surface area contributed by atoms with Gasteiger partial charge in [-0.1, -0.05) is 11.6 Å². The van der Waals surface area contributed by atoms with Crippen LogP contribution in [0.3, 0.4) is 0 Å². The van der Waals surface area contributed by atoms with E-state index >= 15 is 0 Å². The maximum Gasteiger partial charge on any atom is 0.406 e. The van der Waals surface area contributed by atoms with E-state index in [9.17, 15) is 18.0 Å². The number of pyridine rings is 1. The van der Waals surface area contributed by atoms with Gasteiger partial charge in [0.15, 0.2) is 5.82 Å². The Morgan fingerprint density at radius 1 is 1.18 bits per heavy atom. The largest absolute Gasteiger partial charge is 0.406 e. The highest BCUT2D eigenvalue weighted by molar-refractivity contribution is 5.89. The van der Waals surface area contributed by atoms with Gasteiger partial charge in [-0.05, 0) is 25.1 Å². The number of hydrogen-bond acceptors (Lipinski definition) is 7. The lowest BCUT2D eigenvalue weighted by atomic mass is 9.99. The smallest absolute Gasteiger partial charge is 0.377 e. The van der Waals surface area contributed by atoms with E-state index in [1.54, 1.807) is 0 Å². The van der Waals surface area contributed by atoms with Crippen LogP contribution in [0.4, 0.5) is 19.0 Å². The molecule has 0 spiro atoms. The van der Waals surface area contributed by atoms with Gasteiger partial charge in [0, 0.05) is 18.1 Å². The van der Waals surface area contributed by atoms with Gasteiger partial charge in [-0.25, -0.2) is 14.8 Å². The standard InChI is InChI=1S/C22H22F3N7O2/c1-13-2-3-15-14(6-13)19(28-9-21(26)11-34-12-21)30-18(29-15)8-31-17-7-27-5-4-16(17)32(20(31)33)10-22(23,24)25/h2-7H,8-12,26H2,1H3,(H,28,29,30). The van der Waals surface area contributed by atoms with Crippen molar-refractivity contribution in [2.75, 3.05) is 25.1 Å². The van der Waals surface area contributed by atoms with E-state index in [0.29, 0.717) is 35.7 Å². The van der Waals surface area contributed by atoms with Gasteiger partial charge in [-0.3, -0.25) is 14.1 Å². The predicted molar refractivity (Wildman–Crippen MR) is 120 cm³/mol. The summed E-state index contributed by atoms with van der Waals surface area (Å²) >= 11 is 0. The molecule has 3 aromatic heterocycles. The number of nitrogens with two attached hydrogens (primary N) is 1. The number of fused-ring (bicyclic) bond motifs is 2. The number of aryl methyl sites for hydroxylation is 1. The summed E-state index contributed by atoms with van der Waals surface area (Å²) in [5, 5.41) is 4.04. The van der Waals surface area contributed by atoms with Gasteiger partial charge in [0.25, 0.3) is 0 Å². The van der Waals surface area contributed by atoms with Crippen LogP contribution in [-0.2, 0) is 17.8 Å². The Bertz CT molecular complexity index is 1440. The molecule has 1 aliphatic heterocycles. The van der Waals surface area contributed by atoms with Crippen molar-refractivity contribution in [2.45, 2.75) is 31.7 Å². The SMILES string of the molecule is Cc1ccc2nc(Cn3c(=O)n(CC(F)(F)F)c4ccncc43)nc(NCC3(N)COC3)c2c1. The van der Waals surface area contributed by atoms with Gasteiger partial charge in [0.2, 0.25) is 0 Å². The molecule has 1 aliphatic rings. The first-order valence-corrected chi connectivity index (χ1v) is 10.6. The molecule has 1 aromatic carbocycles. The van der Waals surface area contributed by atoms with Crippen LogP contribution in [0.2, 0.25) is 0 Å². The lowest BCUT2D eigenvalue weighted by Gasteiger charge is -2.37. The zero-order valence-electron chi connectivity index (χ0n) is 18.3. The zero-order valence-corrected chi connectivity index (χ0v) is 18.3. The van der Waals surface area contributed by atoms with Crippen molar-refractivity contribution in [1.29, 1.82) is 0 Å². The summed E-state index contributed by atoms with van der Waals surface area (Å²) < 4.78 is 46.5. The summed E-state index contributed by atoms with van der Waals surface area (Å²) in [5.41, 5.74) is 6.99. The first-order valence-electron chi connectivity index (χ1n) is 10.6. The summed E-state index contributed by atoms with van der Waals surface area (Å²) in [6.07, 6.45) is -1.84. The Hall–Kier alpha value is -3.51. The number of aromatic nitrogens is 5. The Morgan fingerprint density at radius 3 is 2.68 bits per heavy atom. The molecule has 34 heavy (non-hydrogen) atoms. The third kappa shape index (κ3) is 4.21. The number of halogens is 3. The van der Waals surface area contributed by atoms with Crippen molar-refractivity contribution in [3.05, 3.63) is 58.5 Å². The van der Waals surface area contributed by atoms with E-state index in [-0.39, 0.29) is 23.4 Å². The van der Waals surface area contributed by atoms with Crippen LogP contribution in [0.5, 0.6) is 0 Å². The summed E-state index contributed by atoms with van der Waals surface area (Å²) in [6.45, 7) is 1.70. The van der Waals surface area contributed by atoms with Gasteiger partial charge >= 0.3 is 11.9 Å². The number of imidazole rings is 1. The molecule has 3 N–H and O–H groups in total. The molecule has 0 atom stereocenters. The van der Waals surface area contributed by atoms with Crippen LogP contribution < -0.4 is 16.7 Å². The summed E-state index contributed by atoms with van der Waals surface area (Å²) in [7, 11) is 0. The Balaban J connectivity index is 1.57. The monoisotopic (exact) mass is 473 g/mol. The second kappa shape index (κ2) is 8.06. The molecule has 5 rings (SSSR count). The summed E-state index contributed by atoms with van der Waals surface area (Å²) in [6, 6.07) is 7.06. The predicted octanol–water partition coefficient (Wildman–Crippen LogP) is 2.20. The molecule has 1 saturated heterocycles. The maximum atomic E-state index is 13.1. The maximum absolute atomic E-state index is 13.1. The van der Waals surface area contributed by atoms with Gasteiger partial charge in [-0.2, -0.15) is 13.2 Å². The quantitative estimate of drug-likeness (QED) is 0.441. The van der Waals surface area contributed by atoms with Crippen LogP contribution in [-0.4, -0.2) is 55.6 Å². The van der Waals surface area contributed by atoms with E-state index in [1.807, 2.05) is 25.1 Å². The lowest BCUT2D eigenvalue weighted by Crippen LogP contribution is -2.61. The molecule has 0 radical (unpaired) electrons. The normalized spacial score (nSPS) is 15.6. The Morgan fingerprint density at radius 2 is 1.97 bits per heavy atom. The van der Waals surface area contributed by atoms with E-state index in [4.69, 9.17) is 10.5 Å². The molecule has 0 aliphatic carbocycles.